The molecule has 5 rings (SSSR count). The summed E-state index contributed by atoms with van der Waals surface area (Å²) in [6, 6.07) is 1.76. The molecule has 4 heterocycles. The second kappa shape index (κ2) is 7.90. The third-order valence-electron chi connectivity index (χ3n) is 9.19. The molecule has 1 spiro atoms. The van der Waals surface area contributed by atoms with Gasteiger partial charge in [0.15, 0.2) is 6.10 Å². The first-order valence-electron chi connectivity index (χ1n) is 12.4. The Hall–Kier alpha value is -3.20. The fraction of sp³-hybridized carbons (Fsp3) is 0.571. The van der Waals surface area contributed by atoms with Crippen molar-refractivity contribution in [2.45, 2.75) is 83.9 Å². The number of ketones is 1. The van der Waals surface area contributed by atoms with Crippen LogP contribution in [0.4, 0.5) is 0 Å². The second-order valence-corrected chi connectivity index (χ2v) is 11.5. The Morgan fingerprint density at radius 3 is 2.43 bits per heavy atom. The maximum absolute atomic E-state index is 13.2. The molecule has 9 heteroatoms. The van der Waals surface area contributed by atoms with Crippen molar-refractivity contribution < 1.29 is 42.5 Å². The summed E-state index contributed by atoms with van der Waals surface area (Å²) < 4.78 is 29.0. The van der Waals surface area contributed by atoms with Gasteiger partial charge in [-0.25, -0.2) is 9.59 Å². The standard InChI is InChI=1S/C28H32O9/c1-16(29)27(12-8-20(31)36-24(27,3)4)14-19(34-17(2)30)25(5)10-7-11-26(6)21(18-9-13-33-15-18)35-23(32)22-28(25,26)37-22/h7-10,12-13,15,19,21-22H,11,14H2,1-6H3/t19-,21-,22+,25-,26-,27-,28-/m0/s1. The number of hydrogen-bond donors (Lipinski definition) is 0. The third kappa shape index (κ3) is 3.25. The average Bonchev–Trinajstić information content (AvgIpc) is 3.36. The summed E-state index contributed by atoms with van der Waals surface area (Å²) in [4.78, 5) is 50.9. The van der Waals surface area contributed by atoms with Crippen LogP contribution in [-0.2, 0) is 38.1 Å². The van der Waals surface area contributed by atoms with E-state index in [0.717, 1.165) is 0 Å². The van der Waals surface area contributed by atoms with Gasteiger partial charge in [-0.05, 0) is 40.2 Å². The highest BCUT2D eigenvalue weighted by molar-refractivity contribution is 5.92. The van der Waals surface area contributed by atoms with E-state index in [0.29, 0.717) is 12.0 Å². The van der Waals surface area contributed by atoms with Crippen LogP contribution in [0.15, 0.2) is 47.3 Å². The highest BCUT2D eigenvalue weighted by Crippen LogP contribution is 2.73. The van der Waals surface area contributed by atoms with Crippen molar-refractivity contribution in [3.63, 3.8) is 0 Å². The number of carbonyl (C=O) groups excluding carboxylic acids is 4. The van der Waals surface area contributed by atoms with E-state index >= 15 is 0 Å². The van der Waals surface area contributed by atoms with Crippen LogP contribution in [0.3, 0.4) is 0 Å². The molecule has 1 aromatic heterocycles. The number of furan rings is 1. The van der Waals surface area contributed by atoms with E-state index in [1.54, 1.807) is 32.3 Å². The van der Waals surface area contributed by atoms with Crippen LogP contribution in [0.25, 0.3) is 0 Å². The third-order valence-corrected chi connectivity index (χ3v) is 9.19. The smallest absolute Gasteiger partial charge is 0.339 e. The van der Waals surface area contributed by atoms with Crippen molar-refractivity contribution in [1.82, 2.24) is 0 Å². The van der Waals surface area contributed by atoms with Gasteiger partial charge < -0.3 is 23.4 Å². The van der Waals surface area contributed by atoms with Crippen LogP contribution in [0.1, 0.15) is 66.1 Å². The zero-order valence-corrected chi connectivity index (χ0v) is 21.9. The van der Waals surface area contributed by atoms with Crippen molar-refractivity contribution in [1.29, 1.82) is 0 Å². The Kier molecular flexibility index (Phi) is 5.43. The first kappa shape index (κ1) is 25.4. The Labute approximate surface area is 215 Å². The zero-order chi connectivity index (χ0) is 27.0. The van der Waals surface area contributed by atoms with Gasteiger partial charge in [0.1, 0.15) is 29.2 Å². The molecule has 0 bridgehead atoms. The minimum absolute atomic E-state index is 0.0128. The minimum Gasteiger partial charge on any atom is -0.472 e. The molecule has 1 aromatic rings. The van der Waals surface area contributed by atoms with Crippen LogP contribution < -0.4 is 0 Å². The summed E-state index contributed by atoms with van der Waals surface area (Å²) in [6.45, 7) is 9.96. The number of allylic oxidation sites excluding steroid dienone is 1. The van der Waals surface area contributed by atoms with Gasteiger partial charge in [0.25, 0.3) is 0 Å². The van der Waals surface area contributed by atoms with Crippen LogP contribution in [-0.4, -0.2) is 47.1 Å². The summed E-state index contributed by atoms with van der Waals surface area (Å²) in [5.41, 5.74) is -4.64. The molecule has 0 unspecified atom stereocenters. The largest absolute Gasteiger partial charge is 0.472 e. The summed E-state index contributed by atoms with van der Waals surface area (Å²) >= 11 is 0. The summed E-state index contributed by atoms with van der Waals surface area (Å²) in [7, 11) is 0. The molecule has 0 amide bonds. The van der Waals surface area contributed by atoms with E-state index in [9.17, 15) is 19.2 Å². The van der Waals surface area contributed by atoms with Gasteiger partial charge in [-0.15, -0.1) is 0 Å². The molecule has 7 atom stereocenters. The van der Waals surface area contributed by atoms with Crippen LogP contribution >= 0.6 is 0 Å². The molecular formula is C28H32O9. The number of cyclic esters (lactones) is 2. The fourth-order valence-corrected chi connectivity index (χ4v) is 7.12. The molecule has 0 aromatic carbocycles. The van der Waals surface area contributed by atoms with Gasteiger partial charge in [-0.3, -0.25) is 9.59 Å². The van der Waals surface area contributed by atoms with Crippen molar-refractivity contribution in [3.8, 4) is 0 Å². The van der Waals surface area contributed by atoms with Gasteiger partial charge in [0.05, 0.1) is 23.4 Å². The quantitative estimate of drug-likeness (QED) is 0.243. The number of ether oxygens (including phenoxy) is 4. The van der Waals surface area contributed by atoms with E-state index in [1.807, 2.05) is 26.0 Å². The topological polar surface area (TPSA) is 122 Å². The second-order valence-electron chi connectivity index (χ2n) is 11.5. The highest BCUT2D eigenvalue weighted by Gasteiger charge is 2.84. The number of Topliss-reactive ketones (excluding diaryl/α,β-unsaturated/α-hetero) is 1. The number of hydrogen-bond acceptors (Lipinski definition) is 9. The molecule has 2 fully saturated rings. The molecule has 1 aliphatic carbocycles. The van der Waals surface area contributed by atoms with E-state index in [4.69, 9.17) is 23.4 Å². The Balaban J connectivity index is 1.65. The number of epoxide rings is 1. The SMILES string of the molecule is CC(=O)O[C@@H](C[C@]1(C(C)=O)C=CC(=O)OC1(C)C)[C@]1(C)C=CC[C@@]2(C)[C@H](c3ccoc3)OC(=O)[C@H]3O[C@@]312. The molecule has 37 heavy (non-hydrogen) atoms. The lowest BCUT2D eigenvalue weighted by atomic mass is 9.50. The van der Waals surface area contributed by atoms with E-state index in [2.05, 4.69) is 0 Å². The van der Waals surface area contributed by atoms with Crippen molar-refractivity contribution in [3.05, 3.63) is 48.5 Å². The van der Waals surface area contributed by atoms with Crippen molar-refractivity contribution in [2.24, 2.45) is 16.2 Å². The van der Waals surface area contributed by atoms with Crippen molar-refractivity contribution >= 4 is 23.7 Å². The average molecular weight is 513 g/mol. The van der Waals surface area contributed by atoms with E-state index in [1.165, 1.54) is 26.2 Å². The first-order valence-corrected chi connectivity index (χ1v) is 12.4. The minimum atomic E-state index is -1.29. The maximum Gasteiger partial charge on any atom is 0.339 e. The van der Waals surface area contributed by atoms with Crippen LogP contribution in [0.5, 0.6) is 0 Å². The number of rotatable bonds is 6. The summed E-state index contributed by atoms with van der Waals surface area (Å²) in [5, 5.41) is 0. The van der Waals surface area contributed by atoms with Gasteiger partial charge in [0, 0.05) is 30.4 Å². The molecule has 4 aliphatic rings. The normalized spacial score (nSPS) is 40.1. The Morgan fingerprint density at radius 2 is 1.84 bits per heavy atom. The molecule has 9 nitrogen and oxygen atoms in total. The number of carbonyl (C=O) groups is 4. The van der Waals surface area contributed by atoms with Crippen LogP contribution in [0, 0.1) is 16.2 Å². The zero-order valence-electron chi connectivity index (χ0n) is 21.9. The predicted molar refractivity (Wildman–Crippen MR) is 128 cm³/mol. The van der Waals surface area contributed by atoms with E-state index in [-0.39, 0.29) is 12.2 Å². The lowest BCUT2D eigenvalue weighted by Gasteiger charge is -2.55. The summed E-state index contributed by atoms with van der Waals surface area (Å²) in [5.74, 6) is -1.84. The van der Waals surface area contributed by atoms with Gasteiger partial charge in [-0.1, -0.05) is 25.2 Å². The number of esters is 3. The summed E-state index contributed by atoms with van der Waals surface area (Å²) in [6.07, 6.45) is 7.88. The highest BCUT2D eigenvalue weighted by atomic mass is 16.7. The first-order chi connectivity index (χ1) is 17.2. The molecule has 0 radical (unpaired) electrons. The molecule has 198 valence electrons. The maximum atomic E-state index is 13.2. The van der Waals surface area contributed by atoms with Gasteiger partial charge in [0.2, 0.25) is 0 Å². The van der Waals surface area contributed by atoms with Gasteiger partial charge >= 0.3 is 17.9 Å². The van der Waals surface area contributed by atoms with E-state index < -0.39 is 63.7 Å². The molecule has 0 saturated carbocycles. The van der Waals surface area contributed by atoms with Gasteiger partial charge in [-0.2, -0.15) is 0 Å². The molecule has 3 aliphatic heterocycles. The monoisotopic (exact) mass is 512 g/mol. The molecular weight excluding hydrogens is 480 g/mol. The lowest BCUT2D eigenvalue weighted by Crippen LogP contribution is -2.64. The van der Waals surface area contributed by atoms with Crippen LogP contribution in [0.2, 0.25) is 0 Å². The van der Waals surface area contributed by atoms with Crippen molar-refractivity contribution in [2.75, 3.05) is 0 Å². The fourth-order valence-electron chi connectivity index (χ4n) is 7.12. The molecule has 2 saturated heterocycles. The molecule has 0 N–H and O–H groups in total. The lowest BCUT2D eigenvalue weighted by molar-refractivity contribution is -0.191. The predicted octanol–water partition coefficient (Wildman–Crippen LogP) is 3.78. The Morgan fingerprint density at radius 1 is 1.11 bits per heavy atom. The Bertz CT molecular complexity index is 1230.